The number of hydrogen-bond donors (Lipinski definition) is 2. The van der Waals surface area contributed by atoms with Gasteiger partial charge in [-0.25, -0.2) is 14.2 Å². The van der Waals surface area contributed by atoms with Crippen LogP contribution in [0.5, 0.6) is 0 Å². The Morgan fingerprint density at radius 1 is 1.12 bits per heavy atom. The zero-order chi connectivity index (χ0) is 23.0. The first kappa shape index (κ1) is 21.7. The summed E-state index contributed by atoms with van der Waals surface area (Å²) in [6, 6.07) is 13.1. The Morgan fingerprint density at radius 2 is 1.91 bits per heavy atom. The molecule has 2 N–H and O–H groups in total. The third-order valence-electron chi connectivity index (χ3n) is 5.11. The van der Waals surface area contributed by atoms with Crippen LogP contribution in [0.1, 0.15) is 27.2 Å². The average Bonchev–Trinajstić information content (AvgIpc) is 3.08. The summed E-state index contributed by atoms with van der Waals surface area (Å²) in [5, 5.41) is 12.1. The van der Waals surface area contributed by atoms with Crippen molar-refractivity contribution in [3.05, 3.63) is 87.4 Å². The predicted octanol–water partition coefficient (Wildman–Crippen LogP) is 5.40. The van der Waals surface area contributed by atoms with Crippen molar-refractivity contribution in [3.8, 4) is 11.3 Å². The van der Waals surface area contributed by atoms with E-state index < -0.39 is 11.9 Å². The van der Waals surface area contributed by atoms with Crippen molar-refractivity contribution < 1.29 is 19.1 Å². The average molecular weight is 496 g/mol. The number of hydrogen-bond acceptors (Lipinski definition) is 3. The second-order valence-electron chi connectivity index (χ2n) is 7.53. The zero-order valence-electron chi connectivity index (χ0n) is 17.3. The van der Waals surface area contributed by atoms with E-state index >= 15 is 0 Å². The molecule has 1 amide bonds. The molecular weight excluding hydrogens is 477 g/mol. The summed E-state index contributed by atoms with van der Waals surface area (Å²) >= 11 is 3.25. The van der Waals surface area contributed by atoms with Gasteiger partial charge in [0.25, 0.3) is 0 Å². The highest BCUT2D eigenvalue weighted by molar-refractivity contribution is 9.10. The zero-order valence-corrected chi connectivity index (χ0v) is 18.9. The number of aromatic nitrogens is 2. The molecule has 0 bridgehead atoms. The quantitative estimate of drug-likeness (QED) is 0.388. The van der Waals surface area contributed by atoms with Gasteiger partial charge in [-0.15, -0.1) is 0 Å². The molecule has 4 rings (SSSR count). The number of carboxylic acids is 1. The Hall–Kier alpha value is -3.52. The van der Waals surface area contributed by atoms with Gasteiger partial charge in [0.1, 0.15) is 11.5 Å². The van der Waals surface area contributed by atoms with E-state index in [4.69, 9.17) is 0 Å². The topological polar surface area (TPSA) is 83.7 Å². The molecule has 0 aliphatic carbocycles. The Labute approximate surface area is 191 Å². The number of anilines is 1. The van der Waals surface area contributed by atoms with Crippen LogP contribution in [0, 0.1) is 19.7 Å². The van der Waals surface area contributed by atoms with Crippen molar-refractivity contribution in [2.45, 2.75) is 20.3 Å². The molecule has 0 aliphatic heterocycles. The van der Waals surface area contributed by atoms with Gasteiger partial charge < -0.3 is 14.8 Å². The molecule has 0 radical (unpaired) electrons. The maximum Gasteiger partial charge on any atom is 0.337 e. The molecule has 32 heavy (non-hydrogen) atoms. The summed E-state index contributed by atoms with van der Waals surface area (Å²) < 4.78 is 16.2. The fraction of sp³-hybridized carbons (Fsp3) is 0.125. The molecule has 0 fully saturated rings. The highest BCUT2D eigenvalue weighted by Crippen LogP contribution is 2.28. The number of carboxylic acid groups (broad SMARTS) is 1. The van der Waals surface area contributed by atoms with E-state index in [9.17, 15) is 19.1 Å². The number of carbonyl (C=O) groups is 2. The monoisotopic (exact) mass is 495 g/mol. The van der Waals surface area contributed by atoms with Crippen molar-refractivity contribution in [1.82, 2.24) is 9.38 Å². The van der Waals surface area contributed by atoms with Crippen LogP contribution >= 0.6 is 15.9 Å². The summed E-state index contributed by atoms with van der Waals surface area (Å²) in [5.41, 5.74) is 4.20. The minimum absolute atomic E-state index is 0.0175. The number of nitrogens with one attached hydrogen (secondary N) is 1. The Morgan fingerprint density at radius 3 is 2.62 bits per heavy atom. The first-order valence-electron chi connectivity index (χ1n) is 9.79. The van der Waals surface area contributed by atoms with Gasteiger partial charge in [0.15, 0.2) is 0 Å². The number of carbonyl (C=O) groups excluding carboxylic acids is 1. The minimum atomic E-state index is -1.14. The number of imidazole rings is 1. The Kier molecular flexibility index (Phi) is 5.80. The number of rotatable bonds is 5. The van der Waals surface area contributed by atoms with E-state index in [1.54, 1.807) is 25.1 Å². The third kappa shape index (κ3) is 4.27. The molecule has 6 nitrogen and oxygen atoms in total. The Balaban J connectivity index is 1.75. The maximum absolute atomic E-state index is 13.8. The van der Waals surface area contributed by atoms with Crippen LogP contribution in [0.15, 0.2) is 59.2 Å². The molecular formula is C24H19BrFN3O3. The van der Waals surface area contributed by atoms with Gasteiger partial charge in [0.2, 0.25) is 5.91 Å². The summed E-state index contributed by atoms with van der Waals surface area (Å²) in [4.78, 5) is 29.2. The van der Waals surface area contributed by atoms with Crippen LogP contribution in [0.25, 0.3) is 16.9 Å². The lowest BCUT2D eigenvalue weighted by molar-refractivity contribution is -0.115. The molecule has 0 atom stereocenters. The third-order valence-corrected chi connectivity index (χ3v) is 5.60. The fourth-order valence-corrected chi connectivity index (χ4v) is 3.90. The van der Waals surface area contributed by atoms with Gasteiger partial charge in [-0.05, 0) is 67.4 Å². The first-order valence-corrected chi connectivity index (χ1v) is 10.6. The van der Waals surface area contributed by atoms with E-state index in [2.05, 4.69) is 26.2 Å². The van der Waals surface area contributed by atoms with Crippen molar-refractivity contribution in [3.63, 3.8) is 0 Å². The summed E-state index contributed by atoms with van der Waals surface area (Å²) in [7, 11) is 0. The lowest BCUT2D eigenvalue weighted by Gasteiger charge is -2.10. The molecule has 0 saturated carbocycles. The van der Waals surface area contributed by atoms with Gasteiger partial charge in [-0.1, -0.05) is 22.0 Å². The lowest BCUT2D eigenvalue weighted by Crippen LogP contribution is -2.18. The van der Waals surface area contributed by atoms with Crippen molar-refractivity contribution in [2.24, 2.45) is 0 Å². The van der Waals surface area contributed by atoms with Crippen molar-refractivity contribution in [1.29, 1.82) is 0 Å². The number of amides is 1. The lowest BCUT2D eigenvalue weighted by atomic mass is 10.1. The van der Waals surface area contributed by atoms with Crippen LogP contribution < -0.4 is 5.32 Å². The molecule has 162 valence electrons. The largest absolute Gasteiger partial charge is 0.478 e. The fourth-order valence-electron chi connectivity index (χ4n) is 3.54. The predicted molar refractivity (Wildman–Crippen MR) is 123 cm³/mol. The van der Waals surface area contributed by atoms with Crippen LogP contribution in [-0.2, 0) is 11.2 Å². The number of pyridine rings is 1. The smallest absolute Gasteiger partial charge is 0.337 e. The van der Waals surface area contributed by atoms with Crippen LogP contribution in [-0.4, -0.2) is 26.4 Å². The SMILES string of the molecule is Cc1ccc2nc(-c3ccc(F)c(C)c3)c(CC(=O)Nc3ccc(Br)cc3C(=O)O)n2c1. The van der Waals surface area contributed by atoms with Gasteiger partial charge in [0.05, 0.1) is 29.1 Å². The first-order chi connectivity index (χ1) is 15.2. The molecule has 0 aliphatic rings. The number of aryl methyl sites for hydroxylation is 2. The molecule has 8 heteroatoms. The molecule has 2 aromatic heterocycles. The normalized spacial score (nSPS) is 11.0. The number of benzene rings is 2. The molecule has 0 spiro atoms. The van der Waals surface area contributed by atoms with Gasteiger partial charge in [-0.2, -0.15) is 0 Å². The minimum Gasteiger partial charge on any atom is -0.478 e. The molecule has 0 saturated heterocycles. The number of aromatic carboxylic acids is 1. The van der Waals surface area contributed by atoms with Gasteiger partial charge in [-0.3, -0.25) is 4.79 Å². The van der Waals surface area contributed by atoms with Gasteiger partial charge in [0, 0.05) is 16.2 Å². The van der Waals surface area contributed by atoms with Crippen molar-refractivity contribution >= 4 is 39.1 Å². The summed E-state index contributed by atoms with van der Waals surface area (Å²) in [6.07, 6.45) is 1.83. The van der Waals surface area contributed by atoms with E-state index in [-0.39, 0.29) is 23.5 Å². The standard InChI is InChI=1S/C24H19BrFN3O3/c1-13-3-8-21-28-23(15-4-6-18(26)14(2)9-15)20(29(21)12-13)11-22(30)27-19-7-5-16(25)10-17(19)24(31)32/h3-10,12H,11H2,1-2H3,(H,27,30)(H,31,32). The number of nitrogens with zero attached hydrogens (tertiary/aromatic N) is 2. The van der Waals surface area contributed by atoms with E-state index in [0.717, 1.165) is 5.56 Å². The molecule has 4 aromatic rings. The molecule has 2 heterocycles. The maximum atomic E-state index is 13.8. The number of fused-ring (bicyclic) bond motifs is 1. The highest BCUT2D eigenvalue weighted by Gasteiger charge is 2.20. The molecule has 2 aromatic carbocycles. The van der Waals surface area contributed by atoms with E-state index in [1.165, 1.54) is 18.2 Å². The van der Waals surface area contributed by atoms with Crippen molar-refractivity contribution in [2.75, 3.05) is 5.32 Å². The highest BCUT2D eigenvalue weighted by atomic mass is 79.9. The summed E-state index contributed by atoms with van der Waals surface area (Å²) in [6.45, 7) is 3.61. The second-order valence-corrected chi connectivity index (χ2v) is 8.44. The van der Waals surface area contributed by atoms with Crippen LogP contribution in [0.2, 0.25) is 0 Å². The second kappa shape index (κ2) is 8.55. The van der Waals surface area contributed by atoms with E-state index in [0.29, 0.717) is 32.6 Å². The van der Waals surface area contributed by atoms with E-state index in [1.807, 2.05) is 29.7 Å². The van der Waals surface area contributed by atoms with Gasteiger partial charge >= 0.3 is 5.97 Å². The summed E-state index contributed by atoms with van der Waals surface area (Å²) in [5.74, 6) is -1.85. The molecule has 0 unspecified atom stereocenters. The Bertz CT molecular complexity index is 1380. The number of halogens is 2. The van der Waals surface area contributed by atoms with Crippen LogP contribution in [0.3, 0.4) is 0 Å². The van der Waals surface area contributed by atoms with Crippen LogP contribution in [0.4, 0.5) is 10.1 Å².